The van der Waals surface area contributed by atoms with Crippen LogP contribution in [0.5, 0.6) is 0 Å². The summed E-state index contributed by atoms with van der Waals surface area (Å²) in [7, 11) is -3.61. The van der Waals surface area contributed by atoms with Crippen LogP contribution in [0.4, 0.5) is 5.69 Å². The maximum absolute atomic E-state index is 12.6. The van der Waals surface area contributed by atoms with E-state index in [9.17, 15) is 8.42 Å². The summed E-state index contributed by atoms with van der Waals surface area (Å²) in [6.07, 6.45) is 0. The first kappa shape index (κ1) is 12.7. The van der Waals surface area contributed by atoms with Crippen LogP contribution in [0.2, 0.25) is 0 Å². The molecule has 3 nitrogen and oxygen atoms in total. The number of benzene rings is 2. The van der Waals surface area contributed by atoms with Crippen LogP contribution < -0.4 is 4.31 Å². The number of para-hydroxylation sites is 1. The summed E-state index contributed by atoms with van der Waals surface area (Å²) in [4.78, 5) is 0.983. The molecule has 1 heterocycles. The van der Waals surface area contributed by atoms with E-state index in [1.165, 1.54) is 16.1 Å². The van der Waals surface area contributed by atoms with Gasteiger partial charge in [-0.15, -0.1) is 0 Å². The van der Waals surface area contributed by atoms with Gasteiger partial charge < -0.3 is 0 Å². The van der Waals surface area contributed by atoms with Gasteiger partial charge in [-0.05, 0) is 24.3 Å². The fourth-order valence-corrected chi connectivity index (χ4v) is 5.46. The average Bonchev–Trinajstić information content (AvgIpc) is 2.39. The quantitative estimate of drug-likeness (QED) is 0.758. The minimum atomic E-state index is -3.61. The highest BCUT2D eigenvalue weighted by molar-refractivity contribution is 8.25. The maximum Gasteiger partial charge on any atom is 0.270 e. The molecule has 96 valence electrons. The van der Waals surface area contributed by atoms with Crippen molar-refractivity contribution in [2.24, 2.45) is 0 Å². The topological polar surface area (TPSA) is 37.4 Å². The zero-order valence-corrected chi connectivity index (χ0v) is 12.1. The molecule has 6 heteroatoms. The van der Waals surface area contributed by atoms with Gasteiger partial charge in [-0.2, -0.15) is 0 Å². The highest BCUT2D eigenvalue weighted by Gasteiger charge is 2.35. The van der Waals surface area contributed by atoms with E-state index < -0.39 is 10.0 Å². The molecule has 0 saturated heterocycles. The number of fused-ring (bicyclic) bond motifs is 1. The molecule has 0 fully saturated rings. The molecule has 1 aliphatic rings. The molecule has 0 spiro atoms. The van der Waals surface area contributed by atoms with Crippen LogP contribution in [0.25, 0.3) is 0 Å². The second-order valence-electron chi connectivity index (χ2n) is 3.92. The largest absolute Gasteiger partial charge is 0.270 e. The second-order valence-corrected chi connectivity index (χ2v) is 7.35. The SMILES string of the molecule is O=S1(=O)c2ccccc2SC(=S)N1c1ccccc1. The normalized spacial score (nSPS) is 17.1. The third-order valence-corrected chi connectivity index (χ3v) is 6.23. The van der Waals surface area contributed by atoms with E-state index in [4.69, 9.17) is 12.2 Å². The lowest BCUT2D eigenvalue weighted by molar-refractivity contribution is 0.595. The minimum Gasteiger partial charge on any atom is -0.218 e. The van der Waals surface area contributed by atoms with Crippen LogP contribution in [0.1, 0.15) is 0 Å². The molecule has 0 aromatic heterocycles. The molecule has 0 aliphatic carbocycles. The summed E-state index contributed by atoms with van der Waals surface area (Å²) in [6, 6.07) is 15.8. The summed E-state index contributed by atoms with van der Waals surface area (Å²) in [5.74, 6) is 0. The van der Waals surface area contributed by atoms with E-state index in [-0.39, 0.29) is 0 Å². The van der Waals surface area contributed by atoms with Crippen molar-refractivity contribution in [1.29, 1.82) is 0 Å². The number of rotatable bonds is 1. The van der Waals surface area contributed by atoms with Crippen molar-refractivity contribution >= 4 is 44.0 Å². The Bertz CT molecular complexity index is 741. The van der Waals surface area contributed by atoms with E-state index in [1.54, 1.807) is 42.5 Å². The highest BCUT2D eigenvalue weighted by atomic mass is 32.2. The number of sulfonamides is 1. The highest BCUT2D eigenvalue weighted by Crippen LogP contribution is 2.39. The van der Waals surface area contributed by atoms with E-state index >= 15 is 0 Å². The van der Waals surface area contributed by atoms with Crippen molar-refractivity contribution in [3.8, 4) is 0 Å². The Hall–Kier alpha value is -1.37. The van der Waals surface area contributed by atoms with Crippen molar-refractivity contribution in [2.75, 3.05) is 4.31 Å². The van der Waals surface area contributed by atoms with Gasteiger partial charge >= 0.3 is 0 Å². The Morgan fingerprint density at radius 1 is 0.947 bits per heavy atom. The van der Waals surface area contributed by atoms with Gasteiger partial charge in [0.1, 0.15) is 4.90 Å². The number of nitrogens with zero attached hydrogens (tertiary/aromatic N) is 1. The van der Waals surface area contributed by atoms with Crippen molar-refractivity contribution in [3.05, 3.63) is 54.6 Å². The molecule has 0 amide bonds. The van der Waals surface area contributed by atoms with Gasteiger partial charge in [-0.25, -0.2) is 12.7 Å². The summed E-state index contributed by atoms with van der Waals surface area (Å²) in [5, 5.41) is 0. The van der Waals surface area contributed by atoms with Crippen LogP contribution in [-0.2, 0) is 10.0 Å². The summed E-state index contributed by atoms with van der Waals surface area (Å²) in [5.41, 5.74) is 0.564. The Labute approximate surface area is 121 Å². The third kappa shape index (κ3) is 2.05. The number of hydrogen-bond acceptors (Lipinski definition) is 4. The monoisotopic (exact) mass is 307 g/mol. The van der Waals surface area contributed by atoms with Gasteiger partial charge in [-0.3, -0.25) is 0 Å². The lowest BCUT2D eigenvalue weighted by Gasteiger charge is -2.29. The van der Waals surface area contributed by atoms with E-state index in [2.05, 4.69) is 0 Å². The van der Waals surface area contributed by atoms with Crippen molar-refractivity contribution in [3.63, 3.8) is 0 Å². The van der Waals surface area contributed by atoms with Crippen molar-refractivity contribution < 1.29 is 8.42 Å². The van der Waals surface area contributed by atoms with Crippen LogP contribution in [0.15, 0.2) is 64.4 Å². The Kier molecular flexibility index (Phi) is 3.08. The van der Waals surface area contributed by atoms with E-state index in [0.717, 1.165) is 0 Å². The third-order valence-electron chi connectivity index (χ3n) is 2.72. The molecule has 0 bridgehead atoms. The van der Waals surface area contributed by atoms with Gasteiger partial charge in [0.15, 0.2) is 4.32 Å². The van der Waals surface area contributed by atoms with Crippen LogP contribution >= 0.6 is 24.0 Å². The van der Waals surface area contributed by atoms with Crippen LogP contribution in [0.3, 0.4) is 0 Å². The fraction of sp³-hybridized carbons (Fsp3) is 0. The molecule has 0 saturated carbocycles. The van der Waals surface area contributed by atoms with Gasteiger partial charge in [0, 0.05) is 4.90 Å². The lowest BCUT2D eigenvalue weighted by atomic mass is 10.3. The number of hydrogen-bond donors (Lipinski definition) is 0. The standard InChI is InChI=1S/C13H9NO2S3/c15-19(16)12-9-5-4-8-11(12)18-13(17)14(19)10-6-2-1-3-7-10/h1-9H. The molecule has 19 heavy (non-hydrogen) atoms. The van der Waals surface area contributed by atoms with E-state index in [0.29, 0.717) is 19.8 Å². The van der Waals surface area contributed by atoms with Gasteiger partial charge in [0.05, 0.1) is 5.69 Å². The summed E-state index contributed by atoms with van der Waals surface area (Å²) >= 11 is 6.54. The van der Waals surface area contributed by atoms with Crippen molar-refractivity contribution in [2.45, 2.75) is 9.79 Å². The molecule has 3 rings (SSSR count). The van der Waals surface area contributed by atoms with Crippen LogP contribution in [-0.4, -0.2) is 12.7 Å². The first-order valence-corrected chi connectivity index (χ1v) is 8.18. The molecule has 0 radical (unpaired) electrons. The number of thioether (sulfide) groups is 1. The lowest BCUT2D eigenvalue weighted by Crippen LogP contribution is -2.37. The summed E-state index contributed by atoms with van der Waals surface area (Å²) < 4.78 is 26.8. The van der Waals surface area contributed by atoms with Crippen molar-refractivity contribution in [1.82, 2.24) is 0 Å². The fourth-order valence-electron chi connectivity index (χ4n) is 1.89. The van der Waals surface area contributed by atoms with Gasteiger partial charge in [-0.1, -0.05) is 54.3 Å². The van der Waals surface area contributed by atoms with E-state index in [1.807, 2.05) is 12.1 Å². The predicted octanol–water partition coefficient (Wildman–Crippen LogP) is 3.27. The predicted molar refractivity (Wildman–Crippen MR) is 81.0 cm³/mol. The Morgan fingerprint density at radius 2 is 1.58 bits per heavy atom. The molecule has 1 aliphatic heterocycles. The first-order chi connectivity index (χ1) is 9.10. The molecule has 2 aromatic carbocycles. The molecule has 0 unspecified atom stereocenters. The van der Waals surface area contributed by atoms with Crippen LogP contribution in [0, 0.1) is 0 Å². The molecule has 0 atom stereocenters. The number of anilines is 1. The second kappa shape index (κ2) is 4.63. The summed E-state index contributed by atoms with van der Waals surface area (Å²) in [6.45, 7) is 0. The Morgan fingerprint density at radius 3 is 2.32 bits per heavy atom. The molecule has 0 N–H and O–H groups in total. The zero-order valence-electron chi connectivity index (χ0n) is 9.68. The molecular weight excluding hydrogens is 298 g/mol. The zero-order chi connectivity index (χ0) is 13.5. The Balaban J connectivity index is 2.22. The maximum atomic E-state index is 12.6. The minimum absolute atomic E-state index is 0.303. The average molecular weight is 307 g/mol. The molecular formula is C13H9NO2S3. The smallest absolute Gasteiger partial charge is 0.218 e. The van der Waals surface area contributed by atoms with Gasteiger partial charge in [0.25, 0.3) is 10.0 Å². The number of thiocarbonyl (C=S) groups is 1. The van der Waals surface area contributed by atoms with Gasteiger partial charge in [0.2, 0.25) is 0 Å². The first-order valence-electron chi connectivity index (χ1n) is 5.52. The molecule has 2 aromatic rings.